The smallest absolute Gasteiger partial charge is 0.0953 e. The fraction of sp³-hybridized carbons (Fsp3) is 0.167. The molecular formula is C12H13N2. The van der Waals surface area contributed by atoms with Crippen molar-refractivity contribution in [1.82, 2.24) is 9.55 Å². The second-order valence-corrected chi connectivity index (χ2v) is 3.23. The van der Waals surface area contributed by atoms with E-state index in [1.807, 2.05) is 31.5 Å². The molecule has 2 nitrogen and oxygen atoms in total. The van der Waals surface area contributed by atoms with Crippen molar-refractivity contribution in [2.24, 2.45) is 0 Å². The topological polar surface area (TPSA) is 17.8 Å². The lowest BCUT2D eigenvalue weighted by molar-refractivity contribution is 0.778. The second kappa shape index (κ2) is 4.09. The SMILES string of the molecule is C[CH]Cn1cnc(-c2ccccc2)c1. The number of aromatic nitrogens is 2. The van der Waals surface area contributed by atoms with Crippen molar-refractivity contribution in [2.45, 2.75) is 13.5 Å². The molecule has 2 aromatic rings. The van der Waals surface area contributed by atoms with Crippen LogP contribution in [0.1, 0.15) is 6.92 Å². The van der Waals surface area contributed by atoms with Gasteiger partial charge in [-0.1, -0.05) is 37.3 Å². The Morgan fingerprint density at radius 1 is 1.29 bits per heavy atom. The van der Waals surface area contributed by atoms with Gasteiger partial charge in [-0.3, -0.25) is 0 Å². The molecule has 0 aliphatic carbocycles. The largest absolute Gasteiger partial charge is 0.337 e. The average molecular weight is 185 g/mol. The highest BCUT2D eigenvalue weighted by Gasteiger charge is 1.99. The Kier molecular flexibility index (Phi) is 2.63. The summed E-state index contributed by atoms with van der Waals surface area (Å²) in [7, 11) is 0. The maximum atomic E-state index is 4.35. The van der Waals surface area contributed by atoms with Crippen molar-refractivity contribution < 1.29 is 0 Å². The van der Waals surface area contributed by atoms with E-state index in [0.29, 0.717) is 0 Å². The van der Waals surface area contributed by atoms with Gasteiger partial charge in [0.25, 0.3) is 0 Å². The molecule has 1 radical (unpaired) electrons. The fourth-order valence-electron chi connectivity index (χ4n) is 1.43. The summed E-state index contributed by atoms with van der Waals surface area (Å²) >= 11 is 0. The Hall–Kier alpha value is -1.57. The Morgan fingerprint density at radius 2 is 2.07 bits per heavy atom. The Labute approximate surface area is 84.2 Å². The molecule has 0 saturated carbocycles. The van der Waals surface area contributed by atoms with Gasteiger partial charge in [-0.2, -0.15) is 0 Å². The standard InChI is InChI=1S/C12H13N2/c1-2-8-14-9-12(13-10-14)11-6-4-3-5-7-11/h2-7,9-10H,8H2,1H3. The molecule has 0 N–H and O–H groups in total. The van der Waals surface area contributed by atoms with E-state index in [1.165, 1.54) is 5.56 Å². The van der Waals surface area contributed by atoms with Crippen molar-refractivity contribution in [3.8, 4) is 11.3 Å². The van der Waals surface area contributed by atoms with E-state index in [9.17, 15) is 0 Å². The van der Waals surface area contributed by atoms with Gasteiger partial charge in [-0.15, -0.1) is 0 Å². The Balaban J connectivity index is 2.25. The number of benzene rings is 1. The lowest BCUT2D eigenvalue weighted by Gasteiger charge is -1.96. The Bertz CT molecular complexity index is 390. The van der Waals surface area contributed by atoms with Gasteiger partial charge in [0, 0.05) is 18.3 Å². The number of nitrogens with zero attached hydrogens (tertiary/aromatic N) is 2. The van der Waals surface area contributed by atoms with E-state index in [2.05, 4.69) is 34.3 Å². The molecule has 71 valence electrons. The molecule has 1 aromatic heterocycles. The average Bonchev–Trinajstić information content (AvgIpc) is 2.68. The maximum absolute atomic E-state index is 4.35. The van der Waals surface area contributed by atoms with Gasteiger partial charge in [0.15, 0.2) is 0 Å². The zero-order chi connectivity index (χ0) is 9.80. The van der Waals surface area contributed by atoms with E-state index in [0.717, 1.165) is 12.2 Å². The highest BCUT2D eigenvalue weighted by Crippen LogP contribution is 2.15. The summed E-state index contributed by atoms with van der Waals surface area (Å²) in [6, 6.07) is 10.2. The van der Waals surface area contributed by atoms with Crippen LogP contribution in [0, 0.1) is 6.42 Å². The van der Waals surface area contributed by atoms with Gasteiger partial charge in [-0.25, -0.2) is 4.98 Å². The van der Waals surface area contributed by atoms with E-state index in [4.69, 9.17) is 0 Å². The van der Waals surface area contributed by atoms with Crippen molar-refractivity contribution >= 4 is 0 Å². The summed E-state index contributed by atoms with van der Waals surface area (Å²) in [4.78, 5) is 4.35. The number of hydrogen-bond acceptors (Lipinski definition) is 1. The third kappa shape index (κ3) is 1.84. The van der Waals surface area contributed by atoms with E-state index in [-0.39, 0.29) is 0 Å². The summed E-state index contributed by atoms with van der Waals surface area (Å²) in [5.41, 5.74) is 2.20. The number of hydrogen-bond donors (Lipinski definition) is 0. The quantitative estimate of drug-likeness (QED) is 0.719. The first kappa shape index (κ1) is 9.00. The molecular weight excluding hydrogens is 172 g/mol. The van der Waals surface area contributed by atoms with Crippen LogP contribution in [-0.4, -0.2) is 9.55 Å². The van der Waals surface area contributed by atoms with Crippen LogP contribution in [0.2, 0.25) is 0 Å². The minimum atomic E-state index is 0.917. The van der Waals surface area contributed by atoms with Crippen molar-refractivity contribution in [3.63, 3.8) is 0 Å². The molecule has 0 unspecified atom stereocenters. The molecule has 2 rings (SSSR count). The molecule has 14 heavy (non-hydrogen) atoms. The van der Waals surface area contributed by atoms with Crippen LogP contribution in [-0.2, 0) is 6.54 Å². The fourth-order valence-corrected chi connectivity index (χ4v) is 1.43. The van der Waals surface area contributed by atoms with Crippen molar-refractivity contribution in [1.29, 1.82) is 0 Å². The Morgan fingerprint density at radius 3 is 2.79 bits per heavy atom. The normalized spacial score (nSPS) is 10.4. The zero-order valence-corrected chi connectivity index (χ0v) is 8.22. The third-order valence-corrected chi connectivity index (χ3v) is 2.10. The summed E-state index contributed by atoms with van der Waals surface area (Å²) in [6.45, 7) is 2.96. The van der Waals surface area contributed by atoms with Crippen LogP contribution in [0.25, 0.3) is 11.3 Å². The van der Waals surface area contributed by atoms with Gasteiger partial charge in [0.1, 0.15) is 0 Å². The van der Waals surface area contributed by atoms with Crippen LogP contribution < -0.4 is 0 Å². The highest BCUT2D eigenvalue weighted by molar-refractivity contribution is 5.57. The number of rotatable bonds is 3. The molecule has 0 saturated heterocycles. The molecule has 0 spiro atoms. The monoisotopic (exact) mass is 185 g/mol. The lowest BCUT2D eigenvalue weighted by Crippen LogP contribution is -1.91. The number of imidazole rings is 1. The van der Waals surface area contributed by atoms with Crippen molar-refractivity contribution in [3.05, 3.63) is 49.3 Å². The van der Waals surface area contributed by atoms with Gasteiger partial charge >= 0.3 is 0 Å². The molecule has 0 bridgehead atoms. The molecule has 1 aromatic carbocycles. The first-order chi connectivity index (χ1) is 6.90. The van der Waals surface area contributed by atoms with E-state index in [1.54, 1.807) is 0 Å². The van der Waals surface area contributed by atoms with Crippen LogP contribution >= 0.6 is 0 Å². The van der Waals surface area contributed by atoms with E-state index < -0.39 is 0 Å². The minimum Gasteiger partial charge on any atom is -0.337 e. The molecule has 0 aliphatic heterocycles. The predicted octanol–water partition coefficient (Wildman–Crippen LogP) is 2.77. The van der Waals surface area contributed by atoms with Crippen LogP contribution in [0.3, 0.4) is 0 Å². The maximum Gasteiger partial charge on any atom is 0.0953 e. The van der Waals surface area contributed by atoms with E-state index >= 15 is 0 Å². The summed E-state index contributed by atoms with van der Waals surface area (Å²) in [5.74, 6) is 0. The first-order valence-corrected chi connectivity index (χ1v) is 4.75. The zero-order valence-electron chi connectivity index (χ0n) is 8.22. The second-order valence-electron chi connectivity index (χ2n) is 3.23. The molecule has 0 amide bonds. The molecule has 2 heteroatoms. The van der Waals surface area contributed by atoms with Gasteiger partial charge in [0.05, 0.1) is 12.0 Å². The summed E-state index contributed by atoms with van der Waals surface area (Å²) in [6.07, 6.45) is 6.04. The van der Waals surface area contributed by atoms with Gasteiger partial charge < -0.3 is 4.57 Å². The van der Waals surface area contributed by atoms with Gasteiger partial charge in [-0.05, 0) is 6.42 Å². The molecule has 0 atom stereocenters. The molecule has 1 heterocycles. The lowest BCUT2D eigenvalue weighted by atomic mass is 10.2. The molecule has 0 aliphatic rings. The molecule has 0 fully saturated rings. The third-order valence-electron chi connectivity index (χ3n) is 2.10. The van der Waals surface area contributed by atoms with Crippen molar-refractivity contribution in [2.75, 3.05) is 0 Å². The van der Waals surface area contributed by atoms with Crippen LogP contribution in [0.5, 0.6) is 0 Å². The highest BCUT2D eigenvalue weighted by atomic mass is 15.0. The van der Waals surface area contributed by atoms with Crippen LogP contribution in [0.15, 0.2) is 42.9 Å². The summed E-state index contributed by atoms with van der Waals surface area (Å²) < 4.78 is 2.07. The minimum absolute atomic E-state index is 0.917. The van der Waals surface area contributed by atoms with Gasteiger partial charge in [0.2, 0.25) is 0 Å². The first-order valence-electron chi connectivity index (χ1n) is 4.75. The predicted molar refractivity (Wildman–Crippen MR) is 57.6 cm³/mol. The van der Waals surface area contributed by atoms with Crippen LogP contribution in [0.4, 0.5) is 0 Å². The summed E-state index contributed by atoms with van der Waals surface area (Å²) in [5, 5.41) is 0.